The molecule has 7 heteroatoms. The summed E-state index contributed by atoms with van der Waals surface area (Å²) in [6.45, 7) is 2.40. The number of furan rings is 1. The lowest BCUT2D eigenvalue weighted by molar-refractivity contribution is -0.117. The van der Waals surface area contributed by atoms with Gasteiger partial charge >= 0.3 is 0 Å². The molecular formula is C28H26N4O2S. The monoisotopic (exact) mass is 482 g/mol. The van der Waals surface area contributed by atoms with Crippen molar-refractivity contribution in [3.05, 3.63) is 96.1 Å². The van der Waals surface area contributed by atoms with E-state index in [1.165, 1.54) is 17.7 Å². The number of aromatic nitrogens is 2. The van der Waals surface area contributed by atoms with E-state index in [1.54, 1.807) is 29.2 Å². The molecule has 1 amide bonds. The molecule has 0 aliphatic carbocycles. The van der Waals surface area contributed by atoms with Crippen molar-refractivity contribution in [1.82, 2.24) is 15.1 Å². The zero-order chi connectivity index (χ0) is 24.5. The van der Waals surface area contributed by atoms with Crippen LogP contribution in [0.5, 0.6) is 0 Å². The van der Waals surface area contributed by atoms with Gasteiger partial charge in [0.05, 0.1) is 24.2 Å². The number of hydrogen-bond donors (Lipinski definition) is 1. The van der Waals surface area contributed by atoms with E-state index in [2.05, 4.69) is 24.4 Å². The third-order valence-electron chi connectivity index (χ3n) is 5.33. The lowest BCUT2D eigenvalue weighted by Crippen LogP contribution is -2.23. The molecule has 0 spiro atoms. The minimum Gasteiger partial charge on any atom is -0.467 e. The van der Waals surface area contributed by atoms with Crippen LogP contribution in [-0.4, -0.2) is 21.4 Å². The SMILES string of the molecule is CCCCSc1ccc(-c2nn(-c3ccccc3)cc2/C=C(/C#N)C(=O)NCc2ccco2)cc1. The highest BCUT2D eigenvalue weighted by molar-refractivity contribution is 7.99. The fourth-order valence-electron chi connectivity index (χ4n) is 3.45. The topological polar surface area (TPSA) is 83.8 Å². The van der Waals surface area contributed by atoms with Gasteiger partial charge < -0.3 is 9.73 Å². The van der Waals surface area contributed by atoms with Crippen molar-refractivity contribution in [2.24, 2.45) is 0 Å². The second kappa shape index (κ2) is 11.9. The van der Waals surface area contributed by atoms with Crippen LogP contribution in [0.4, 0.5) is 0 Å². The number of hydrogen-bond acceptors (Lipinski definition) is 5. The van der Waals surface area contributed by atoms with Crippen molar-refractivity contribution in [2.45, 2.75) is 31.2 Å². The Bertz CT molecular complexity index is 1320. The molecular weight excluding hydrogens is 456 g/mol. The molecule has 2 heterocycles. The van der Waals surface area contributed by atoms with Gasteiger partial charge in [0.1, 0.15) is 17.4 Å². The molecule has 0 radical (unpaired) electrons. The number of para-hydroxylation sites is 1. The van der Waals surface area contributed by atoms with E-state index in [0.29, 0.717) is 17.0 Å². The summed E-state index contributed by atoms with van der Waals surface area (Å²) < 4.78 is 7.02. The quantitative estimate of drug-likeness (QED) is 0.125. The Kier molecular flexibility index (Phi) is 8.21. The molecule has 2 aromatic carbocycles. The standard InChI is InChI=1S/C28H26N4O2S/c1-2-3-16-35-26-13-11-21(12-14-26)27-23(20-32(31-27)24-8-5-4-6-9-24)17-22(18-29)28(33)30-19-25-10-7-15-34-25/h4-15,17,20H,2-3,16,19H2,1H3,(H,30,33)/b22-17-. The first-order chi connectivity index (χ1) is 17.2. The average molecular weight is 483 g/mol. The maximum Gasteiger partial charge on any atom is 0.262 e. The number of carbonyl (C=O) groups is 1. The van der Waals surface area contributed by atoms with Gasteiger partial charge in [-0.2, -0.15) is 10.4 Å². The number of nitrogens with zero attached hydrogens (tertiary/aromatic N) is 3. The van der Waals surface area contributed by atoms with Crippen molar-refractivity contribution in [3.8, 4) is 23.0 Å². The summed E-state index contributed by atoms with van der Waals surface area (Å²) in [6, 6.07) is 23.5. The Morgan fingerprint density at radius 3 is 2.63 bits per heavy atom. The number of benzene rings is 2. The highest BCUT2D eigenvalue weighted by Crippen LogP contribution is 2.28. The second-order valence-corrected chi connectivity index (χ2v) is 9.04. The Morgan fingerprint density at radius 1 is 1.14 bits per heavy atom. The molecule has 4 aromatic rings. The van der Waals surface area contributed by atoms with Crippen molar-refractivity contribution in [2.75, 3.05) is 5.75 Å². The van der Waals surface area contributed by atoms with Crippen LogP contribution < -0.4 is 5.32 Å². The zero-order valence-corrected chi connectivity index (χ0v) is 20.3. The lowest BCUT2D eigenvalue weighted by Gasteiger charge is -2.04. The zero-order valence-electron chi connectivity index (χ0n) is 19.5. The van der Waals surface area contributed by atoms with Gasteiger partial charge in [-0.3, -0.25) is 4.79 Å². The molecule has 6 nitrogen and oxygen atoms in total. The van der Waals surface area contributed by atoms with Crippen molar-refractivity contribution < 1.29 is 9.21 Å². The van der Waals surface area contributed by atoms with Crippen LogP contribution in [0, 0.1) is 11.3 Å². The van der Waals surface area contributed by atoms with Crippen LogP contribution in [0.3, 0.4) is 0 Å². The highest BCUT2D eigenvalue weighted by atomic mass is 32.2. The van der Waals surface area contributed by atoms with E-state index in [9.17, 15) is 10.1 Å². The van der Waals surface area contributed by atoms with E-state index >= 15 is 0 Å². The van der Waals surface area contributed by atoms with Crippen molar-refractivity contribution in [1.29, 1.82) is 5.26 Å². The van der Waals surface area contributed by atoms with E-state index in [-0.39, 0.29) is 12.1 Å². The number of unbranched alkanes of at least 4 members (excludes halogenated alkanes) is 1. The fraction of sp³-hybridized carbons (Fsp3) is 0.179. The van der Waals surface area contributed by atoms with Crippen LogP contribution in [0.1, 0.15) is 31.1 Å². The normalized spacial score (nSPS) is 11.3. The van der Waals surface area contributed by atoms with E-state index in [1.807, 2.05) is 66.5 Å². The van der Waals surface area contributed by atoms with Crippen molar-refractivity contribution in [3.63, 3.8) is 0 Å². The molecule has 0 unspecified atom stereocenters. The summed E-state index contributed by atoms with van der Waals surface area (Å²) in [6.07, 6.45) is 7.32. The molecule has 35 heavy (non-hydrogen) atoms. The molecule has 0 saturated heterocycles. The molecule has 0 bridgehead atoms. The van der Waals surface area contributed by atoms with Gasteiger partial charge in [-0.05, 0) is 54.6 Å². The largest absolute Gasteiger partial charge is 0.467 e. The minimum atomic E-state index is -0.468. The van der Waals surface area contributed by atoms with Gasteiger partial charge in [0.25, 0.3) is 5.91 Å². The molecule has 0 aliphatic heterocycles. The van der Waals surface area contributed by atoms with Crippen LogP contribution in [0.25, 0.3) is 23.0 Å². The molecule has 4 rings (SSSR count). The number of carbonyl (C=O) groups excluding carboxylic acids is 1. The van der Waals surface area contributed by atoms with Crippen LogP contribution >= 0.6 is 11.8 Å². The summed E-state index contributed by atoms with van der Waals surface area (Å²) in [4.78, 5) is 13.9. The molecule has 176 valence electrons. The second-order valence-electron chi connectivity index (χ2n) is 7.87. The molecule has 0 fully saturated rings. The van der Waals surface area contributed by atoms with E-state index < -0.39 is 5.91 Å². The van der Waals surface area contributed by atoms with E-state index in [4.69, 9.17) is 9.52 Å². The maximum absolute atomic E-state index is 12.7. The highest BCUT2D eigenvalue weighted by Gasteiger charge is 2.15. The Labute approximate surface area is 209 Å². The Morgan fingerprint density at radius 2 is 1.94 bits per heavy atom. The smallest absolute Gasteiger partial charge is 0.262 e. The average Bonchev–Trinajstić information content (AvgIpc) is 3.57. The van der Waals surface area contributed by atoms with Gasteiger partial charge in [-0.15, -0.1) is 11.8 Å². The van der Waals surface area contributed by atoms with E-state index in [0.717, 1.165) is 17.0 Å². The summed E-state index contributed by atoms with van der Waals surface area (Å²) >= 11 is 1.84. The minimum absolute atomic E-state index is 0.00263. The maximum atomic E-state index is 12.7. The molecule has 1 N–H and O–H groups in total. The van der Waals surface area contributed by atoms with Gasteiger partial charge in [0, 0.05) is 22.2 Å². The number of rotatable bonds is 10. The van der Waals surface area contributed by atoms with Gasteiger partial charge in [-0.1, -0.05) is 43.7 Å². The van der Waals surface area contributed by atoms with Gasteiger partial charge in [0.2, 0.25) is 0 Å². The van der Waals surface area contributed by atoms with Gasteiger partial charge in [-0.25, -0.2) is 4.68 Å². The lowest BCUT2D eigenvalue weighted by atomic mass is 10.1. The third kappa shape index (κ3) is 6.31. The number of amides is 1. The van der Waals surface area contributed by atoms with Crippen LogP contribution in [0.2, 0.25) is 0 Å². The third-order valence-corrected chi connectivity index (χ3v) is 6.42. The molecule has 0 aliphatic rings. The Balaban J connectivity index is 1.65. The van der Waals surface area contributed by atoms with Crippen LogP contribution in [-0.2, 0) is 11.3 Å². The first-order valence-corrected chi connectivity index (χ1v) is 12.5. The first kappa shape index (κ1) is 24.1. The number of nitriles is 1. The summed E-state index contributed by atoms with van der Waals surface area (Å²) in [5, 5.41) is 17.2. The predicted octanol–water partition coefficient (Wildman–Crippen LogP) is 6.25. The Hall–Kier alpha value is -4.02. The predicted molar refractivity (Wildman–Crippen MR) is 139 cm³/mol. The first-order valence-electron chi connectivity index (χ1n) is 11.5. The van der Waals surface area contributed by atoms with Crippen molar-refractivity contribution >= 4 is 23.7 Å². The summed E-state index contributed by atoms with van der Waals surface area (Å²) in [7, 11) is 0. The molecule has 0 saturated carbocycles. The summed E-state index contributed by atoms with van der Waals surface area (Å²) in [5.74, 6) is 1.24. The number of thioether (sulfide) groups is 1. The van der Waals surface area contributed by atoms with Crippen LogP contribution in [0.15, 0.2) is 94.1 Å². The molecule has 2 aromatic heterocycles. The fourth-order valence-corrected chi connectivity index (χ4v) is 4.45. The summed E-state index contributed by atoms with van der Waals surface area (Å²) in [5.41, 5.74) is 3.19. The van der Waals surface area contributed by atoms with Gasteiger partial charge in [0.15, 0.2) is 0 Å². The molecule has 0 atom stereocenters. The number of nitrogens with one attached hydrogen (secondary N) is 1.